The molecule has 138 valence electrons. The Balaban J connectivity index is 1.76. The van der Waals surface area contributed by atoms with E-state index in [1.54, 1.807) is 12.1 Å². The van der Waals surface area contributed by atoms with E-state index in [1.165, 1.54) is 6.07 Å². The topological polar surface area (TPSA) is 64.3 Å². The molecule has 0 radical (unpaired) electrons. The first-order chi connectivity index (χ1) is 12.4. The lowest BCUT2D eigenvalue weighted by Gasteiger charge is -2.31. The zero-order chi connectivity index (χ0) is 18.3. The van der Waals surface area contributed by atoms with Gasteiger partial charge in [-0.1, -0.05) is 0 Å². The van der Waals surface area contributed by atoms with Gasteiger partial charge >= 0.3 is 6.36 Å². The summed E-state index contributed by atoms with van der Waals surface area (Å²) in [6, 6.07) is 4.50. The molecule has 0 amide bonds. The molecule has 1 aromatic heterocycles. The molecule has 0 spiro atoms. The van der Waals surface area contributed by atoms with E-state index in [2.05, 4.69) is 14.6 Å². The zero-order valence-corrected chi connectivity index (χ0v) is 14.7. The van der Waals surface area contributed by atoms with E-state index in [0.29, 0.717) is 5.95 Å². The number of anilines is 1. The van der Waals surface area contributed by atoms with E-state index in [0.717, 1.165) is 73.2 Å². The first kappa shape index (κ1) is 17.4. The quantitative estimate of drug-likeness (QED) is 0.814. The highest BCUT2D eigenvalue weighted by molar-refractivity contribution is 7.97. The highest BCUT2D eigenvalue weighted by Crippen LogP contribution is 2.38. The van der Waals surface area contributed by atoms with Crippen LogP contribution in [0.5, 0.6) is 5.75 Å². The molecule has 0 unspecified atom stereocenters. The summed E-state index contributed by atoms with van der Waals surface area (Å²) in [5.41, 5.74) is 3.62. The van der Waals surface area contributed by atoms with Gasteiger partial charge in [-0.15, -0.1) is 13.2 Å². The summed E-state index contributed by atoms with van der Waals surface area (Å²) in [7, 11) is 0. The third-order valence-electron chi connectivity index (χ3n) is 4.63. The lowest BCUT2D eigenvalue weighted by molar-refractivity contribution is -0.275. The van der Waals surface area contributed by atoms with Crippen LogP contribution in [-0.2, 0) is 12.8 Å². The summed E-state index contributed by atoms with van der Waals surface area (Å²) in [5.74, 6) is 0.395. The second-order valence-corrected chi connectivity index (χ2v) is 6.99. The van der Waals surface area contributed by atoms with Crippen LogP contribution in [0.1, 0.15) is 24.1 Å². The third kappa shape index (κ3) is 3.33. The minimum atomic E-state index is -4.76. The molecule has 1 aliphatic heterocycles. The van der Waals surface area contributed by atoms with E-state index in [1.807, 2.05) is 0 Å². The van der Waals surface area contributed by atoms with Crippen LogP contribution in [-0.4, -0.2) is 29.4 Å². The number of halogens is 3. The number of alkyl halides is 3. The number of aromatic nitrogens is 2. The molecule has 1 saturated heterocycles. The lowest BCUT2D eigenvalue weighted by atomic mass is 10.0. The van der Waals surface area contributed by atoms with Gasteiger partial charge in [0.2, 0.25) is 5.95 Å². The molecule has 2 aromatic rings. The number of hydrogen-bond donors (Lipinski definition) is 1. The van der Waals surface area contributed by atoms with Gasteiger partial charge in [0.1, 0.15) is 5.75 Å². The van der Waals surface area contributed by atoms with Crippen molar-refractivity contribution in [3.05, 3.63) is 29.5 Å². The van der Waals surface area contributed by atoms with Gasteiger partial charge < -0.3 is 9.64 Å². The first-order valence-corrected chi connectivity index (χ1v) is 9.24. The highest BCUT2D eigenvalue weighted by Gasteiger charge is 2.32. The van der Waals surface area contributed by atoms with Crippen molar-refractivity contribution in [2.45, 2.75) is 36.9 Å². The third-order valence-corrected chi connectivity index (χ3v) is 5.20. The normalized spacial score (nSPS) is 16.4. The van der Waals surface area contributed by atoms with Crippen LogP contribution in [0.4, 0.5) is 19.1 Å². The van der Waals surface area contributed by atoms with Crippen molar-refractivity contribution in [2.75, 3.05) is 18.0 Å². The van der Waals surface area contributed by atoms with Crippen LogP contribution in [0.3, 0.4) is 0 Å². The van der Waals surface area contributed by atoms with Crippen molar-refractivity contribution in [3.63, 3.8) is 0 Å². The van der Waals surface area contributed by atoms with Crippen LogP contribution >= 0.6 is 11.9 Å². The number of rotatable bonds is 4. The van der Waals surface area contributed by atoms with E-state index in [4.69, 9.17) is 10.1 Å². The molecular formula is C17H17F3N4OS. The molecule has 0 bridgehead atoms. The smallest absolute Gasteiger partial charge is 0.405 e. The Hall–Kier alpha value is -2.00. The summed E-state index contributed by atoms with van der Waals surface area (Å²) in [6.07, 6.45) is -0.857. The van der Waals surface area contributed by atoms with E-state index >= 15 is 0 Å². The van der Waals surface area contributed by atoms with Crippen LogP contribution in [0, 0.1) is 0 Å². The Morgan fingerprint density at radius 3 is 2.58 bits per heavy atom. The maximum atomic E-state index is 12.5. The Labute approximate surface area is 152 Å². The SMILES string of the molecule is NSc1cc(-c2nc(N3CCC3)nc3c2CCC3)ccc1OC(F)(F)F. The standard InChI is InChI=1S/C17H17F3N4OS/c18-17(19,20)25-13-6-5-10(9-14(13)26-21)15-11-3-1-4-12(11)22-16(23-15)24-7-2-8-24/h5-6,9H,1-4,7-8,21H2. The molecule has 1 aromatic carbocycles. The monoisotopic (exact) mass is 382 g/mol. The summed E-state index contributed by atoms with van der Waals surface area (Å²) in [6.45, 7) is 1.86. The summed E-state index contributed by atoms with van der Waals surface area (Å²) >= 11 is 0.726. The minimum absolute atomic E-state index is 0.218. The summed E-state index contributed by atoms with van der Waals surface area (Å²) < 4.78 is 41.7. The van der Waals surface area contributed by atoms with Gasteiger partial charge in [0, 0.05) is 29.9 Å². The maximum Gasteiger partial charge on any atom is 0.573 e. The number of nitrogens with two attached hydrogens (primary N) is 1. The van der Waals surface area contributed by atoms with Gasteiger partial charge in [0.25, 0.3) is 0 Å². The molecule has 1 fully saturated rings. The van der Waals surface area contributed by atoms with Crippen molar-refractivity contribution in [2.24, 2.45) is 5.14 Å². The number of aryl methyl sites for hydroxylation is 1. The van der Waals surface area contributed by atoms with Gasteiger partial charge in [-0.2, -0.15) is 0 Å². The fourth-order valence-electron chi connectivity index (χ4n) is 3.27. The number of nitrogens with zero attached hydrogens (tertiary/aromatic N) is 3. The van der Waals surface area contributed by atoms with Gasteiger partial charge in [-0.05, 0) is 55.8 Å². The predicted octanol–water partition coefficient (Wildman–Crippen LogP) is 3.71. The van der Waals surface area contributed by atoms with E-state index < -0.39 is 6.36 Å². The molecular weight excluding hydrogens is 365 g/mol. The predicted molar refractivity (Wildman–Crippen MR) is 93.1 cm³/mol. The minimum Gasteiger partial charge on any atom is -0.405 e. The van der Waals surface area contributed by atoms with Gasteiger partial charge in [-0.3, -0.25) is 5.14 Å². The summed E-state index contributed by atoms with van der Waals surface area (Å²) in [4.78, 5) is 11.7. The van der Waals surface area contributed by atoms with E-state index in [9.17, 15) is 13.2 Å². The number of ether oxygens (including phenoxy) is 1. The number of hydrogen-bond acceptors (Lipinski definition) is 6. The highest BCUT2D eigenvalue weighted by atomic mass is 32.2. The van der Waals surface area contributed by atoms with Crippen molar-refractivity contribution in [3.8, 4) is 17.0 Å². The Kier molecular flexibility index (Phi) is 4.44. The van der Waals surface area contributed by atoms with Crippen LogP contribution in [0.15, 0.2) is 23.1 Å². The number of fused-ring (bicyclic) bond motifs is 1. The average molecular weight is 382 g/mol. The maximum absolute atomic E-state index is 12.5. The fraction of sp³-hybridized carbons (Fsp3) is 0.412. The Bertz CT molecular complexity index is 839. The molecule has 2 heterocycles. The Morgan fingerprint density at radius 2 is 1.92 bits per heavy atom. The van der Waals surface area contributed by atoms with Crippen molar-refractivity contribution < 1.29 is 17.9 Å². The zero-order valence-electron chi connectivity index (χ0n) is 13.8. The van der Waals surface area contributed by atoms with E-state index in [-0.39, 0.29) is 10.6 Å². The molecule has 1 aliphatic carbocycles. The fourth-order valence-corrected chi connectivity index (χ4v) is 3.69. The van der Waals surface area contributed by atoms with Gasteiger partial charge in [0.15, 0.2) is 0 Å². The second kappa shape index (κ2) is 6.62. The molecule has 26 heavy (non-hydrogen) atoms. The van der Waals surface area contributed by atoms with Crippen LogP contribution in [0.25, 0.3) is 11.3 Å². The molecule has 2 N–H and O–H groups in total. The molecule has 5 nitrogen and oxygen atoms in total. The molecule has 0 atom stereocenters. The van der Waals surface area contributed by atoms with Crippen molar-refractivity contribution in [1.82, 2.24) is 9.97 Å². The van der Waals surface area contributed by atoms with Gasteiger partial charge in [0.05, 0.1) is 10.6 Å². The van der Waals surface area contributed by atoms with Gasteiger partial charge in [-0.25, -0.2) is 9.97 Å². The van der Waals surface area contributed by atoms with Crippen LogP contribution in [0.2, 0.25) is 0 Å². The average Bonchev–Trinajstić information content (AvgIpc) is 3.00. The molecule has 0 saturated carbocycles. The number of benzene rings is 1. The lowest BCUT2D eigenvalue weighted by Crippen LogP contribution is -2.38. The Morgan fingerprint density at radius 1 is 1.12 bits per heavy atom. The summed E-state index contributed by atoms with van der Waals surface area (Å²) in [5, 5.41) is 5.57. The largest absolute Gasteiger partial charge is 0.573 e. The molecule has 9 heteroatoms. The van der Waals surface area contributed by atoms with Crippen molar-refractivity contribution >= 4 is 17.9 Å². The van der Waals surface area contributed by atoms with Crippen molar-refractivity contribution in [1.29, 1.82) is 0 Å². The first-order valence-electron chi connectivity index (χ1n) is 8.36. The molecule has 2 aliphatic rings. The molecule has 4 rings (SSSR count). The van der Waals surface area contributed by atoms with Crippen LogP contribution < -0.4 is 14.8 Å². The second-order valence-electron chi connectivity index (χ2n) is 6.32.